The molecule has 0 aromatic heterocycles. The Labute approximate surface area is 219 Å². The molecule has 0 saturated carbocycles. The molecular weight excluding hydrogens is 458 g/mol. The van der Waals surface area contributed by atoms with E-state index in [-0.39, 0.29) is 5.97 Å². The third-order valence-corrected chi connectivity index (χ3v) is 6.03. The number of benzene rings is 4. The van der Waals surface area contributed by atoms with Crippen LogP contribution in [0.3, 0.4) is 0 Å². The molecule has 0 radical (unpaired) electrons. The Morgan fingerprint density at radius 2 is 1.14 bits per heavy atom. The zero-order valence-electron chi connectivity index (χ0n) is 21.7. The number of esters is 1. The number of carbonyl (C=O) groups is 1. The van der Waals surface area contributed by atoms with Gasteiger partial charge in [-0.05, 0) is 99.8 Å². The Morgan fingerprint density at radius 1 is 0.703 bits per heavy atom. The van der Waals surface area contributed by atoms with Crippen LogP contribution in [0.5, 0.6) is 11.5 Å². The van der Waals surface area contributed by atoms with Gasteiger partial charge in [-0.1, -0.05) is 54.1 Å². The topological polar surface area (TPSA) is 38.8 Å². The third kappa shape index (κ3) is 7.11. The zero-order chi connectivity index (χ0) is 26.2. The Hall–Kier alpha value is -4.31. The maximum absolute atomic E-state index is 11.5. The maximum Gasteiger partial charge on any atom is 0.333 e. The fourth-order valence-electron chi connectivity index (χ4n) is 3.92. The van der Waals surface area contributed by atoms with Crippen LogP contribution >= 0.6 is 0 Å². The highest BCUT2D eigenvalue weighted by Crippen LogP contribution is 2.36. The molecule has 37 heavy (non-hydrogen) atoms. The van der Waals surface area contributed by atoms with Crippen molar-refractivity contribution in [3.63, 3.8) is 0 Å². The lowest BCUT2D eigenvalue weighted by Crippen LogP contribution is -2.09. The molecule has 4 rings (SSSR count). The average molecular weight is 492 g/mol. The van der Waals surface area contributed by atoms with E-state index in [9.17, 15) is 4.79 Å². The summed E-state index contributed by atoms with van der Waals surface area (Å²) in [5.74, 6) is 1.21. The van der Waals surface area contributed by atoms with Crippen LogP contribution in [-0.2, 0) is 16.0 Å². The second-order valence-corrected chi connectivity index (χ2v) is 9.27. The van der Waals surface area contributed by atoms with E-state index in [1.54, 1.807) is 6.92 Å². The molecule has 0 N–H and O–H groups in total. The minimum atomic E-state index is -0.337. The van der Waals surface area contributed by atoms with E-state index in [4.69, 9.17) is 9.47 Å². The van der Waals surface area contributed by atoms with E-state index in [1.807, 2.05) is 36.4 Å². The Bertz CT molecular complexity index is 1280. The van der Waals surface area contributed by atoms with E-state index in [2.05, 4.69) is 86.0 Å². The Balaban J connectivity index is 1.42. The summed E-state index contributed by atoms with van der Waals surface area (Å²) in [5, 5.41) is 0. The first-order valence-corrected chi connectivity index (χ1v) is 12.5. The summed E-state index contributed by atoms with van der Waals surface area (Å²) >= 11 is 0. The van der Waals surface area contributed by atoms with Crippen molar-refractivity contribution in [1.82, 2.24) is 0 Å². The summed E-state index contributed by atoms with van der Waals surface area (Å²) in [6, 6.07) is 33.3. The van der Waals surface area contributed by atoms with Gasteiger partial charge in [0.1, 0.15) is 11.5 Å². The molecule has 4 aromatic carbocycles. The maximum atomic E-state index is 11.5. The molecule has 0 heterocycles. The molecule has 0 amide bonds. The van der Waals surface area contributed by atoms with Crippen LogP contribution in [0.15, 0.2) is 109 Å². The van der Waals surface area contributed by atoms with Crippen molar-refractivity contribution >= 4 is 23.0 Å². The van der Waals surface area contributed by atoms with Crippen LogP contribution in [0, 0.1) is 13.8 Å². The van der Waals surface area contributed by atoms with Gasteiger partial charge in [0.05, 0.1) is 6.61 Å². The molecular formula is C33H33NO3. The van der Waals surface area contributed by atoms with Crippen molar-refractivity contribution in [1.29, 1.82) is 0 Å². The Kier molecular flexibility index (Phi) is 8.42. The van der Waals surface area contributed by atoms with E-state index in [1.165, 1.54) is 16.7 Å². The average Bonchev–Trinajstić information content (AvgIpc) is 2.90. The van der Waals surface area contributed by atoms with Gasteiger partial charge in [0.2, 0.25) is 0 Å². The van der Waals surface area contributed by atoms with Gasteiger partial charge in [0.25, 0.3) is 0 Å². The number of hydrogen-bond acceptors (Lipinski definition) is 4. The fourth-order valence-corrected chi connectivity index (χ4v) is 3.92. The molecule has 0 aliphatic heterocycles. The fraction of sp³-hybridized carbons (Fsp3) is 0.182. The highest BCUT2D eigenvalue weighted by Gasteiger charge is 2.12. The minimum absolute atomic E-state index is 0.337. The van der Waals surface area contributed by atoms with Crippen LogP contribution < -0.4 is 9.64 Å². The third-order valence-electron chi connectivity index (χ3n) is 6.03. The molecule has 188 valence electrons. The van der Waals surface area contributed by atoms with E-state index in [0.717, 1.165) is 41.4 Å². The van der Waals surface area contributed by atoms with E-state index in [0.29, 0.717) is 12.2 Å². The highest BCUT2D eigenvalue weighted by molar-refractivity contribution is 5.86. The van der Waals surface area contributed by atoms with Gasteiger partial charge in [-0.3, -0.25) is 0 Å². The number of anilines is 3. The lowest BCUT2D eigenvalue weighted by molar-refractivity contribution is -0.139. The smallest absolute Gasteiger partial charge is 0.333 e. The predicted molar refractivity (Wildman–Crippen MR) is 151 cm³/mol. The first-order chi connectivity index (χ1) is 17.9. The number of aryl methyl sites for hydroxylation is 3. The largest absolute Gasteiger partial charge is 0.462 e. The molecule has 0 aliphatic carbocycles. The summed E-state index contributed by atoms with van der Waals surface area (Å²) in [5.41, 5.74) is 7.32. The molecule has 0 aliphatic rings. The van der Waals surface area contributed by atoms with Crippen LogP contribution in [0.25, 0.3) is 0 Å². The zero-order valence-corrected chi connectivity index (χ0v) is 21.7. The van der Waals surface area contributed by atoms with Crippen LogP contribution in [0.2, 0.25) is 0 Å². The molecule has 0 spiro atoms. The van der Waals surface area contributed by atoms with Crippen LogP contribution in [0.4, 0.5) is 17.1 Å². The summed E-state index contributed by atoms with van der Waals surface area (Å²) < 4.78 is 11.3. The van der Waals surface area contributed by atoms with Gasteiger partial charge in [-0.15, -0.1) is 0 Å². The highest BCUT2D eigenvalue weighted by atomic mass is 16.5. The van der Waals surface area contributed by atoms with Crippen molar-refractivity contribution in [2.45, 2.75) is 33.6 Å². The molecule has 0 atom stereocenters. The standard InChI is InChI=1S/C33H33NO3/c1-24(2)33(35)36-23-5-6-27-11-19-31(20-12-27)37-32-21-17-30(18-22-32)34(28-13-7-25(3)8-14-28)29-15-9-26(4)10-16-29/h7-22H,1,5-6,23H2,2-4H3. The van der Waals surface area contributed by atoms with Crippen molar-refractivity contribution in [2.75, 3.05) is 11.5 Å². The molecule has 4 nitrogen and oxygen atoms in total. The van der Waals surface area contributed by atoms with Gasteiger partial charge in [-0.2, -0.15) is 0 Å². The lowest BCUT2D eigenvalue weighted by Gasteiger charge is -2.26. The van der Waals surface area contributed by atoms with Crippen molar-refractivity contribution in [2.24, 2.45) is 0 Å². The molecule has 0 bridgehead atoms. The van der Waals surface area contributed by atoms with Gasteiger partial charge in [-0.25, -0.2) is 4.79 Å². The lowest BCUT2D eigenvalue weighted by atomic mass is 10.1. The SMILES string of the molecule is C=C(C)C(=O)OCCCc1ccc(Oc2ccc(N(c3ccc(C)cc3)c3ccc(C)cc3)cc2)cc1. The second-order valence-electron chi connectivity index (χ2n) is 9.27. The van der Waals surface area contributed by atoms with Gasteiger partial charge >= 0.3 is 5.97 Å². The van der Waals surface area contributed by atoms with Gasteiger partial charge < -0.3 is 14.4 Å². The molecule has 0 saturated heterocycles. The number of ether oxygens (including phenoxy) is 2. The van der Waals surface area contributed by atoms with Gasteiger partial charge in [0.15, 0.2) is 0 Å². The number of nitrogens with zero attached hydrogens (tertiary/aromatic N) is 1. The molecule has 4 aromatic rings. The Morgan fingerprint density at radius 3 is 1.59 bits per heavy atom. The van der Waals surface area contributed by atoms with Crippen molar-refractivity contribution < 1.29 is 14.3 Å². The predicted octanol–water partition coefficient (Wildman–Crippen LogP) is 8.62. The monoisotopic (exact) mass is 491 g/mol. The number of hydrogen-bond donors (Lipinski definition) is 0. The normalized spacial score (nSPS) is 10.6. The quantitative estimate of drug-likeness (QED) is 0.126. The van der Waals surface area contributed by atoms with Crippen LogP contribution in [0.1, 0.15) is 30.0 Å². The summed E-state index contributed by atoms with van der Waals surface area (Å²) in [6.07, 6.45) is 1.59. The number of rotatable bonds is 10. The second kappa shape index (κ2) is 12.1. The van der Waals surface area contributed by atoms with Crippen molar-refractivity contribution in [3.8, 4) is 11.5 Å². The van der Waals surface area contributed by atoms with Crippen molar-refractivity contribution in [3.05, 3.63) is 126 Å². The first kappa shape index (κ1) is 25.8. The number of carbonyl (C=O) groups excluding carboxylic acids is 1. The van der Waals surface area contributed by atoms with Crippen LogP contribution in [-0.4, -0.2) is 12.6 Å². The summed E-state index contributed by atoms with van der Waals surface area (Å²) in [6.45, 7) is 9.83. The molecule has 4 heteroatoms. The minimum Gasteiger partial charge on any atom is -0.462 e. The summed E-state index contributed by atoms with van der Waals surface area (Å²) in [4.78, 5) is 13.7. The molecule has 0 unspecified atom stereocenters. The van der Waals surface area contributed by atoms with E-state index >= 15 is 0 Å². The van der Waals surface area contributed by atoms with Gasteiger partial charge in [0, 0.05) is 22.6 Å². The molecule has 0 fully saturated rings. The first-order valence-electron chi connectivity index (χ1n) is 12.5. The van der Waals surface area contributed by atoms with E-state index < -0.39 is 0 Å². The summed E-state index contributed by atoms with van der Waals surface area (Å²) in [7, 11) is 0.